The number of carbonyl (C=O) groups is 3. The summed E-state index contributed by atoms with van der Waals surface area (Å²) >= 11 is 1.04. The summed E-state index contributed by atoms with van der Waals surface area (Å²) in [7, 11) is 0. The first kappa shape index (κ1) is 21.2. The lowest BCUT2D eigenvalue weighted by atomic mass is 10.2. The fourth-order valence-electron chi connectivity index (χ4n) is 2.11. The van der Waals surface area contributed by atoms with Crippen molar-refractivity contribution < 1.29 is 23.9 Å². The Labute approximate surface area is 166 Å². The molecule has 1 aromatic carbocycles. The quantitative estimate of drug-likeness (QED) is 0.385. The smallest absolute Gasteiger partial charge is 0.343 e. The molecule has 2 aromatic rings. The standard InChI is InChI=1S/C18H20N4O5S/c1-3-26-16(24)11-7-5-6-8-13(11)21-14(23)10-28-18-20-9-12(15(19)22-18)17(25)27-4-2/h5-9H,3-4,10H2,1-2H3,(H,21,23)(H2,19,20,22). The minimum Gasteiger partial charge on any atom is -0.462 e. The van der Waals surface area contributed by atoms with Gasteiger partial charge in [-0.25, -0.2) is 19.6 Å². The molecule has 0 spiro atoms. The van der Waals surface area contributed by atoms with Gasteiger partial charge in [0.25, 0.3) is 0 Å². The van der Waals surface area contributed by atoms with Gasteiger partial charge in [-0.1, -0.05) is 23.9 Å². The van der Waals surface area contributed by atoms with Crippen LogP contribution in [0.3, 0.4) is 0 Å². The SMILES string of the molecule is CCOC(=O)c1ccccc1NC(=O)CSc1ncc(C(=O)OCC)c(N)n1. The number of benzene rings is 1. The van der Waals surface area contributed by atoms with E-state index in [-0.39, 0.29) is 47.0 Å². The highest BCUT2D eigenvalue weighted by atomic mass is 32.2. The maximum atomic E-state index is 12.2. The van der Waals surface area contributed by atoms with Crippen molar-refractivity contribution in [3.63, 3.8) is 0 Å². The predicted octanol–water partition coefficient (Wildman–Crippen LogP) is 2.14. The molecule has 0 aliphatic rings. The Morgan fingerprint density at radius 3 is 2.36 bits per heavy atom. The van der Waals surface area contributed by atoms with Gasteiger partial charge in [0.1, 0.15) is 11.4 Å². The topological polar surface area (TPSA) is 134 Å². The summed E-state index contributed by atoms with van der Waals surface area (Å²) in [6, 6.07) is 6.55. The molecule has 0 radical (unpaired) electrons. The number of thioether (sulfide) groups is 1. The maximum absolute atomic E-state index is 12.2. The lowest BCUT2D eigenvalue weighted by molar-refractivity contribution is -0.113. The van der Waals surface area contributed by atoms with E-state index in [1.807, 2.05) is 0 Å². The monoisotopic (exact) mass is 404 g/mol. The van der Waals surface area contributed by atoms with E-state index in [2.05, 4.69) is 15.3 Å². The number of para-hydroxylation sites is 1. The Morgan fingerprint density at radius 2 is 1.71 bits per heavy atom. The Bertz CT molecular complexity index is 875. The van der Waals surface area contributed by atoms with Crippen LogP contribution in [-0.4, -0.2) is 46.8 Å². The lowest BCUT2D eigenvalue weighted by Gasteiger charge is -2.10. The molecule has 10 heteroatoms. The van der Waals surface area contributed by atoms with Crippen LogP contribution in [0, 0.1) is 0 Å². The summed E-state index contributed by atoms with van der Waals surface area (Å²) in [6.45, 7) is 3.83. The van der Waals surface area contributed by atoms with Crippen LogP contribution in [0.25, 0.3) is 0 Å². The van der Waals surface area contributed by atoms with Crippen molar-refractivity contribution >= 4 is 41.1 Å². The molecule has 0 fully saturated rings. The maximum Gasteiger partial charge on any atom is 0.343 e. The zero-order valence-electron chi connectivity index (χ0n) is 15.4. The number of nitrogens with one attached hydrogen (secondary N) is 1. The third kappa shape index (κ3) is 5.68. The third-order valence-corrected chi connectivity index (χ3v) is 4.18. The number of esters is 2. The average molecular weight is 404 g/mol. The molecular formula is C18H20N4O5S. The van der Waals surface area contributed by atoms with Gasteiger partial charge < -0.3 is 20.5 Å². The zero-order chi connectivity index (χ0) is 20.5. The molecule has 0 unspecified atom stereocenters. The first-order valence-corrected chi connectivity index (χ1v) is 9.43. The van der Waals surface area contributed by atoms with Gasteiger partial charge in [0.05, 0.1) is 30.2 Å². The summed E-state index contributed by atoms with van der Waals surface area (Å²) in [6.07, 6.45) is 1.26. The number of ether oxygens (including phenoxy) is 2. The Hall–Kier alpha value is -3.14. The zero-order valence-corrected chi connectivity index (χ0v) is 16.2. The molecule has 0 aliphatic heterocycles. The average Bonchev–Trinajstić information content (AvgIpc) is 2.67. The lowest BCUT2D eigenvalue weighted by Crippen LogP contribution is -2.17. The normalized spacial score (nSPS) is 10.2. The number of hydrogen-bond donors (Lipinski definition) is 2. The summed E-state index contributed by atoms with van der Waals surface area (Å²) in [5, 5.41) is 2.90. The molecule has 1 heterocycles. The first-order chi connectivity index (χ1) is 13.5. The third-order valence-electron chi connectivity index (χ3n) is 3.32. The molecule has 0 saturated carbocycles. The second kappa shape index (κ2) is 10.3. The van der Waals surface area contributed by atoms with E-state index in [9.17, 15) is 14.4 Å². The Morgan fingerprint density at radius 1 is 1.07 bits per heavy atom. The van der Waals surface area contributed by atoms with Crippen LogP contribution in [0.5, 0.6) is 0 Å². The first-order valence-electron chi connectivity index (χ1n) is 8.44. The van der Waals surface area contributed by atoms with Gasteiger partial charge in [-0.15, -0.1) is 0 Å². The van der Waals surface area contributed by atoms with E-state index in [0.717, 1.165) is 11.8 Å². The van der Waals surface area contributed by atoms with E-state index in [1.165, 1.54) is 6.20 Å². The fraction of sp³-hybridized carbons (Fsp3) is 0.278. The Kier molecular flexibility index (Phi) is 7.76. The highest BCUT2D eigenvalue weighted by Crippen LogP contribution is 2.19. The van der Waals surface area contributed by atoms with E-state index >= 15 is 0 Å². The second-order valence-electron chi connectivity index (χ2n) is 5.27. The van der Waals surface area contributed by atoms with Crippen molar-refractivity contribution in [3.8, 4) is 0 Å². The van der Waals surface area contributed by atoms with Gasteiger partial charge in [0.15, 0.2) is 5.16 Å². The van der Waals surface area contributed by atoms with E-state index in [0.29, 0.717) is 5.69 Å². The molecule has 2 rings (SSSR count). The minimum absolute atomic E-state index is 0.0185. The molecule has 9 nitrogen and oxygen atoms in total. The van der Waals surface area contributed by atoms with Crippen molar-refractivity contribution in [2.45, 2.75) is 19.0 Å². The Balaban J connectivity index is 1.99. The van der Waals surface area contributed by atoms with E-state index < -0.39 is 11.9 Å². The second-order valence-corrected chi connectivity index (χ2v) is 6.22. The van der Waals surface area contributed by atoms with Crippen molar-refractivity contribution in [2.75, 3.05) is 30.0 Å². The molecule has 3 N–H and O–H groups in total. The van der Waals surface area contributed by atoms with Gasteiger partial charge >= 0.3 is 11.9 Å². The van der Waals surface area contributed by atoms with Crippen molar-refractivity contribution in [2.24, 2.45) is 0 Å². The number of rotatable bonds is 8. The fourth-order valence-corrected chi connectivity index (χ4v) is 2.73. The number of hydrogen-bond acceptors (Lipinski definition) is 9. The molecule has 1 aromatic heterocycles. The van der Waals surface area contributed by atoms with Gasteiger partial charge in [0, 0.05) is 6.20 Å². The number of nitrogens with zero attached hydrogens (tertiary/aromatic N) is 2. The number of carbonyl (C=O) groups excluding carboxylic acids is 3. The van der Waals surface area contributed by atoms with Crippen molar-refractivity contribution in [1.29, 1.82) is 0 Å². The minimum atomic E-state index is -0.607. The summed E-state index contributed by atoms with van der Waals surface area (Å²) in [5.41, 5.74) is 6.43. The number of amides is 1. The van der Waals surface area contributed by atoms with Gasteiger partial charge in [-0.2, -0.15) is 0 Å². The van der Waals surface area contributed by atoms with Crippen LogP contribution in [0.4, 0.5) is 11.5 Å². The predicted molar refractivity (Wildman–Crippen MR) is 104 cm³/mol. The molecule has 28 heavy (non-hydrogen) atoms. The summed E-state index contributed by atoms with van der Waals surface area (Å²) in [4.78, 5) is 43.9. The van der Waals surface area contributed by atoms with Crippen molar-refractivity contribution in [1.82, 2.24) is 9.97 Å². The van der Waals surface area contributed by atoms with Crippen molar-refractivity contribution in [3.05, 3.63) is 41.6 Å². The van der Waals surface area contributed by atoms with Crippen LogP contribution in [0.1, 0.15) is 34.6 Å². The van der Waals surface area contributed by atoms with E-state index in [4.69, 9.17) is 15.2 Å². The number of anilines is 2. The number of nitrogen functional groups attached to an aromatic ring is 1. The van der Waals surface area contributed by atoms with Crippen LogP contribution in [0.15, 0.2) is 35.6 Å². The summed E-state index contributed by atoms with van der Waals surface area (Å²) < 4.78 is 9.83. The molecular weight excluding hydrogens is 384 g/mol. The van der Waals surface area contributed by atoms with Crippen LogP contribution < -0.4 is 11.1 Å². The molecule has 0 bridgehead atoms. The largest absolute Gasteiger partial charge is 0.462 e. The molecule has 0 atom stereocenters. The molecule has 1 amide bonds. The van der Waals surface area contributed by atoms with Crippen LogP contribution in [0.2, 0.25) is 0 Å². The summed E-state index contributed by atoms with van der Waals surface area (Å²) in [5.74, 6) is -1.53. The van der Waals surface area contributed by atoms with Crippen LogP contribution >= 0.6 is 11.8 Å². The number of aromatic nitrogens is 2. The number of nitrogens with two attached hydrogens (primary N) is 1. The highest BCUT2D eigenvalue weighted by Gasteiger charge is 2.16. The molecule has 0 saturated heterocycles. The van der Waals surface area contributed by atoms with Crippen LogP contribution in [-0.2, 0) is 14.3 Å². The van der Waals surface area contributed by atoms with Gasteiger partial charge in [-0.3, -0.25) is 4.79 Å². The van der Waals surface area contributed by atoms with Gasteiger partial charge in [0.2, 0.25) is 5.91 Å². The molecule has 148 valence electrons. The van der Waals surface area contributed by atoms with E-state index in [1.54, 1.807) is 38.1 Å². The van der Waals surface area contributed by atoms with Gasteiger partial charge in [-0.05, 0) is 26.0 Å². The molecule has 0 aliphatic carbocycles. The highest BCUT2D eigenvalue weighted by molar-refractivity contribution is 7.99.